The Morgan fingerprint density at radius 2 is 1.89 bits per heavy atom. The quantitative estimate of drug-likeness (QED) is 0.776. The van der Waals surface area contributed by atoms with E-state index in [0.29, 0.717) is 5.92 Å². The van der Waals surface area contributed by atoms with Gasteiger partial charge in [0.15, 0.2) is 0 Å². The Bertz CT molecular complexity index is 405. The lowest BCUT2D eigenvalue weighted by Crippen LogP contribution is -2.62. The van der Waals surface area contributed by atoms with Gasteiger partial charge in [0.1, 0.15) is 5.92 Å². The number of nitrogens with zero attached hydrogens (tertiary/aromatic N) is 1. The van der Waals surface area contributed by atoms with E-state index in [2.05, 4.69) is 12.2 Å². The minimum atomic E-state index is -0.727. The van der Waals surface area contributed by atoms with Gasteiger partial charge in [-0.2, -0.15) is 0 Å². The third-order valence-corrected chi connectivity index (χ3v) is 4.18. The highest BCUT2D eigenvalue weighted by atomic mass is 16.2. The molecule has 1 saturated carbocycles. The molecule has 4 amide bonds. The summed E-state index contributed by atoms with van der Waals surface area (Å²) in [5.74, 6) is -1.07. The Kier molecular flexibility index (Phi) is 3.92. The number of carbonyl (C=O) groups is 3. The van der Waals surface area contributed by atoms with E-state index in [0.717, 1.165) is 25.7 Å². The van der Waals surface area contributed by atoms with E-state index in [1.807, 2.05) is 13.8 Å². The molecule has 5 nitrogen and oxygen atoms in total. The number of rotatable bonds is 2. The molecule has 0 radical (unpaired) electrons. The maximum atomic E-state index is 12.4. The Balaban J connectivity index is 2.20. The summed E-state index contributed by atoms with van der Waals surface area (Å²) in [6, 6.07) is -0.586. The van der Waals surface area contributed by atoms with E-state index in [1.54, 1.807) is 0 Å². The molecular weight excluding hydrogens is 244 g/mol. The van der Waals surface area contributed by atoms with Crippen molar-refractivity contribution in [1.29, 1.82) is 0 Å². The highest BCUT2D eigenvalue weighted by Gasteiger charge is 2.45. The molecule has 1 heterocycles. The van der Waals surface area contributed by atoms with Gasteiger partial charge in [0.2, 0.25) is 11.8 Å². The smallest absolute Gasteiger partial charge is 0.277 e. The SMILES string of the molecule is CC1CCCC(N2C(=O)NC(=O)C(C(C)C)C2=O)C1. The lowest BCUT2D eigenvalue weighted by atomic mass is 9.84. The summed E-state index contributed by atoms with van der Waals surface area (Å²) in [6.45, 7) is 5.81. The van der Waals surface area contributed by atoms with Crippen molar-refractivity contribution < 1.29 is 14.4 Å². The first-order chi connectivity index (χ1) is 8.91. The number of urea groups is 1. The maximum absolute atomic E-state index is 12.4. The normalized spacial score (nSPS) is 32.7. The number of imide groups is 2. The summed E-state index contributed by atoms with van der Waals surface area (Å²) >= 11 is 0. The number of nitrogens with one attached hydrogen (secondary N) is 1. The molecule has 2 aliphatic rings. The van der Waals surface area contributed by atoms with Crippen molar-refractivity contribution in [3.8, 4) is 0 Å². The summed E-state index contributed by atoms with van der Waals surface area (Å²) in [5.41, 5.74) is 0. The van der Waals surface area contributed by atoms with Crippen molar-refractivity contribution in [3.05, 3.63) is 0 Å². The Labute approximate surface area is 113 Å². The molecule has 0 aromatic heterocycles. The molecule has 3 unspecified atom stereocenters. The van der Waals surface area contributed by atoms with Crippen LogP contribution in [0.2, 0.25) is 0 Å². The van der Waals surface area contributed by atoms with Crippen LogP contribution in [0, 0.1) is 17.8 Å². The van der Waals surface area contributed by atoms with Crippen molar-refractivity contribution in [2.45, 2.75) is 52.5 Å². The highest BCUT2D eigenvalue weighted by Crippen LogP contribution is 2.30. The second-order valence-corrected chi connectivity index (χ2v) is 6.15. The van der Waals surface area contributed by atoms with E-state index in [1.165, 1.54) is 4.90 Å². The van der Waals surface area contributed by atoms with Crippen LogP contribution in [0.25, 0.3) is 0 Å². The largest absolute Gasteiger partial charge is 0.331 e. The molecule has 2 rings (SSSR count). The number of barbiturate groups is 1. The fourth-order valence-electron chi connectivity index (χ4n) is 3.18. The zero-order valence-corrected chi connectivity index (χ0v) is 11.8. The molecule has 0 aromatic carbocycles. The molecular formula is C14H22N2O3. The molecule has 0 bridgehead atoms. The van der Waals surface area contributed by atoms with Gasteiger partial charge in [0.25, 0.3) is 0 Å². The lowest BCUT2D eigenvalue weighted by molar-refractivity contribution is -0.146. The average Bonchev–Trinajstić information content (AvgIpc) is 2.27. The van der Waals surface area contributed by atoms with Crippen molar-refractivity contribution in [3.63, 3.8) is 0 Å². The van der Waals surface area contributed by atoms with Crippen LogP contribution in [0.15, 0.2) is 0 Å². The van der Waals surface area contributed by atoms with Gasteiger partial charge in [0, 0.05) is 6.04 Å². The van der Waals surface area contributed by atoms with Crippen molar-refractivity contribution in [1.82, 2.24) is 10.2 Å². The number of amides is 4. The first-order valence-corrected chi connectivity index (χ1v) is 7.09. The van der Waals surface area contributed by atoms with Gasteiger partial charge in [-0.15, -0.1) is 0 Å². The Morgan fingerprint density at radius 3 is 2.47 bits per heavy atom. The lowest BCUT2D eigenvalue weighted by Gasteiger charge is -2.39. The van der Waals surface area contributed by atoms with Crippen LogP contribution in [0.5, 0.6) is 0 Å². The van der Waals surface area contributed by atoms with Crippen LogP contribution in [0.3, 0.4) is 0 Å². The molecule has 0 aromatic rings. The fourth-order valence-corrected chi connectivity index (χ4v) is 3.18. The number of hydrogen-bond donors (Lipinski definition) is 1. The second-order valence-electron chi connectivity index (χ2n) is 6.15. The van der Waals surface area contributed by atoms with E-state index in [9.17, 15) is 14.4 Å². The van der Waals surface area contributed by atoms with Crippen LogP contribution in [0.4, 0.5) is 4.79 Å². The molecule has 106 valence electrons. The molecule has 3 atom stereocenters. The summed E-state index contributed by atoms with van der Waals surface area (Å²) in [4.78, 5) is 37.5. The predicted molar refractivity (Wildman–Crippen MR) is 70.1 cm³/mol. The molecule has 1 aliphatic carbocycles. The maximum Gasteiger partial charge on any atom is 0.331 e. The van der Waals surface area contributed by atoms with E-state index in [4.69, 9.17) is 0 Å². The van der Waals surface area contributed by atoms with Crippen molar-refractivity contribution in [2.75, 3.05) is 0 Å². The second kappa shape index (κ2) is 5.31. The molecule has 2 fully saturated rings. The topological polar surface area (TPSA) is 66.5 Å². The molecule has 0 spiro atoms. The third kappa shape index (κ3) is 2.65. The standard InChI is InChI=1S/C14H22N2O3/c1-8(2)11-12(17)15-14(19)16(13(11)18)10-6-4-5-9(3)7-10/h8-11H,4-7H2,1-3H3,(H,15,17,19). The summed E-state index contributed by atoms with van der Waals surface area (Å²) < 4.78 is 0. The van der Waals surface area contributed by atoms with E-state index in [-0.39, 0.29) is 17.9 Å². The Hall–Kier alpha value is -1.39. The van der Waals surface area contributed by atoms with Gasteiger partial charge in [-0.3, -0.25) is 19.8 Å². The van der Waals surface area contributed by atoms with Gasteiger partial charge in [-0.05, 0) is 24.7 Å². The number of carbonyl (C=O) groups excluding carboxylic acids is 3. The van der Waals surface area contributed by atoms with Crippen LogP contribution >= 0.6 is 0 Å². The highest BCUT2D eigenvalue weighted by molar-refractivity contribution is 6.16. The average molecular weight is 266 g/mol. The summed E-state index contributed by atoms with van der Waals surface area (Å²) in [7, 11) is 0. The van der Waals surface area contributed by atoms with Crippen LogP contribution < -0.4 is 5.32 Å². The van der Waals surface area contributed by atoms with Gasteiger partial charge in [0.05, 0.1) is 0 Å². The predicted octanol–water partition coefficient (Wildman–Crippen LogP) is 1.92. The molecule has 5 heteroatoms. The molecule has 1 saturated heterocycles. The molecule has 1 N–H and O–H groups in total. The van der Waals surface area contributed by atoms with Crippen molar-refractivity contribution >= 4 is 17.8 Å². The first-order valence-electron chi connectivity index (χ1n) is 7.09. The molecule has 19 heavy (non-hydrogen) atoms. The van der Waals surface area contributed by atoms with Gasteiger partial charge in [-0.1, -0.05) is 33.6 Å². The minimum absolute atomic E-state index is 0.0504. The van der Waals surface area contributed by atoms with E-state index >= 15 is 0 Å². The van der Waals surface area contributed by atoms with Gasteiger partial charge < -0.3 is 0 Å². The van der Waals surface area contributed by atoms with Crippen molar-refractivity contribution in [2.24, 2.45) is 17.8 Å². The Morgan fingerprint density at radius 1 is 1.21 bits per heavy atom. The third-order valence-electron chi connectivity index (χ3n) is 4.18. The molecule has 1 aliphatic heterocycles. The van der Waals surface area contributed by atoms with Crippen LogP contribution in [-0.2, 0) is 9.59 Å². The minimum Gasteiger partial charge on any atom is -0.277 e. The fraction of sp³-hybridized carbons (Fsp3) is 0.786. The first kappa shape index (κ1) is 14.0. The van der Waals surface area contributed by atoms with Gasteiger partial charge >= 0.3 is 6.03 Å². The summed E-state index contributed by atoms with van der Waals surface area (Å²) in [6.07, 6.45) is 3.87. The van der Waals surface area contributed by atoms with Crippen LogP contribution in [-0.4, -0.2) is 28.8 Å². The van der Waals surface area contributed by atoms with Gasteiger partial charge in [-0.25, -0.2) is 4.79 Å². The zero-order chi connectivity index (χ0) is 14.2. The number of hydrogen-bond acceptors (Lipinski definition) is 3. The van der Waals surface area contributed by atoms with E-state index < -0.39 is 17.9 Å². The van der Waals surface area contributed by atoms with Crippen LogP contribution in [0.1, 0.15) is 46.5 Å². The summed E-state index contributed by atoms with van der Waals surface area (Å²) in [5, 5.41) is 2.33. The monoisotopic (exact) mass is 266 g/mol. The zero-order valence-electron chi connectivity index (χ0n) is 11.8.